The standard InChI is InChI=1S/C14H9FN4O2S/c1-2-8-6-12(20)19-13(17-8)22-14(18-19)21-11-5-3-4-10(15)9(11)7-16/h3-6H,2H2,1H3. The molecular weight excluding hydrogens is 307 g/mol. The highest BCUT2D eigenvalue weighted by atomic mass is 32.1. The number of ether oxygens (including phenoxy) is 1. The summed E-state index contributed by atoms with van der Waals surface area (Å²) in [6.07, 6.45) is 0.627. The van der Waals surface area contributed by atoms with Crippen LogP contribution in [0.3, 0.4) is 0 Å². The molecule has 6 nitrogen and oxygen atoms in total. The van der Waals surface area contributed by atoms with Gasteiger partial charge < -0.3 is 4.74 Å². The number of nitrogens with zero attached hydrogens (tertiary/aromatic N) is 4. The quantitative estimate of drug-likeness (QED) is 0.741. The minimum atomic E-state index is -0.676. The third kappa shape index (κ3) is 2.42. The van der Waals surface area contributed by atoms with Crippen molar-refractivity contribution in [3.05, 3.63) is 51.7 Å². The molecule has 0 bridgehead atoms. The second-order valence-electron chi connectivity index (χ2n) is 4.33. The lowest BCUT2D eigenvalue weighted by Crippen LogP contribution is -2.15. The lowest BCUT2D eigenvalue weighted by Gasteiger charge is -2.03. The van der Waals surface area contributed by atoms with Gasteiger partial charge in [-0.15, -0.1) is 5.10 Å². The van der Waals surface area contributed by atoms with Crippen molar-refractivity contribution in [2.24, 2.45) is 0 Å². The van der Waals surface area contributed by atoms with Crippen LogP contribution in [-0.4, -0.2) is 14.6 Å². The molecule has 110 valence electrons. The Bertz CT molecular complexity index is 958. The van der Waals surface area contributed by atoms with Crippen LogP contribution in [0.4, 0.5) is 4.39 Å². The van der Waals surface area contributed by atoms with E-state index in [4.69, 9.17) is 10.00 Å². The van der Waals surface area contributed by atoms with Gasteiger partial charge in [0.05, 0.1) is 0 Å². The van der Waals surface area contributed by atoms with Crippen LogP contribution in [0.1, 0.15) is 18.2 Å². The molecule has 0 atom stereocenters. The van der Waals surface area contributed by atoms with Crippen molar-refractivity contribution in [2.45, 2.75) is 13.3 Å². The largest absolute Gasteiger partial charge is 0.428 e. The lowest BCUT2D eigenvalue weighted by molar-refractivity contribution is 0.462. The Morgan fingerprint density at radius 3 is 3.05 bits per heavy atom. The number of aromatic nitrogens is 3. The zero-order chi connectivity index (χ0) is 15.7. The maximum atomic E-state index is 13.5. The molecule has 1 aromatic carbocycles. The molecule has 0 fully saturated rings. The minimum Gasteiger partial charge on any atom is -0.428 e. The van der Waals surface area contributed by atoms with Gasteiger partial charge in [0.1, 0.15) is 17.4 Å². The Kier molecular flexibility index (Phi) is 3.56. The molecule has 2 aromatic heterocycles. The summed E-state index contributed by atoms with van der Waals surface area (Å²) >= 11 is 1.05. The van der Waals surface area contributed by atoms with Gasteiger partial charge in [0, 0.05) is 11.8 Å². The van der Waals surface area contributed by atoms with Gasteiger partial charge in [-0.25, -0.2) is 9.37 Å². The van der Waals surface area contributed by atoms with Crippen LogP contribution < -0.4 is 10.3 Å². The predicted octanol–water partition coefficient (Wildman–Crippen LogP) is 2.52. The van der Waals surface area contributed by atoms with E-state index in [2.05, 4.69) is 10.1 Å². The first kappa shape index (κ1) is 14.2. The third-order valence-electron chi connectivity index (χ3n) is 2.93. The minimum absolute atomic E-state index is 0.0466. The summed E-state index contributed by atoms with van der Waals surface area (Å²) in [5.74, 6) is -0.630. The van der Waals surface area contributed by atoms with Crippen LogP contribution in [0.15, 0.2) is 29.1 Å². The number of benzene rings is 1. The van der Waals surface area contributed by atoms with Gasteiger partial charge in [0.2, 0.25) is 4.96 Å². The summed E-state index contributed by atoms with van der Waals surface area (Å²) in [7, 11) is 0. The van der Waals surface area contributed by atoms with Crippen molar-refractivity contribution in [1.82, 2.24) is 14.6 Å². The van der Waals surface area contributed by atoms with E-state index >= 15 is 0 Å². The van der Waals surface area contributed by atoms with Gasteiger partial charge >= 0.3 is 0 Å². The third-order valence-corrected chi connectivity index (χ3v) is 3.71. The molecule has 2 heterocycles. The Labute approximate surface area is 128 Å². The predicted molar refractivity (Wildman–Crippen MR) is 77.7 cm³/mol. The van der Waals surface area contributed by atoms with Gasteiger partial charge in [0.25, 0.3) is 10.8 Å². The molecular formula is C14H9FN4O2S. The number of hydrogen-bond acceptors (Lipinski definition) is 6. The van der Waals surface area contributed by atoms with E-state index in [0.29, 0.717) is 17.1 Å². The first-order chi connectivity index (χ1) is 10.6. The van der Waals surface area contributed by atoms with Crippen LogP contribution in [0.2, 0.25) is 0 Å². The number of fused-ring (bicyclic) bond motifs is 1. The number of halogens is 1. The van der Waals surface area contributed by atoms with Gasteiger partial charge in [-0.05, 0) is 29.9 Å². The highest BCUT2D eigenvalue weighted by Crippen LogP contribution is 2.29. The van der Waals surface area contributed by atoms with Crippen molar-refractivity contribution < 1.29 is 9.13 Å². The summed E-state index contributed by atoms with van der Waals surface area (Å²) in [6.45, 7) is 1.89. The Balaban J connectivity index is 2.06. The molecule has 8 heteroatoms. The molecule has 0 radical (unpaired) electrons. The Morgan fingerprint density at radius 1 is 1.50 bits per heavy atom. The number of nitriles is 1. The average Bonchev–Trinajstić information content (AvgIpc) is 2.90. The lowest BCUT2D eigenvalue weighted by atomic mass is 10.2. The van der Waals surface area contributed by atoms with E-state index in [1.54, 1.807) is 6.07 Å². The van der Waals surface area contributed by atoms with Crippen LogP contribution in [0.5, 0.6) is 10.9 Å². The molecule has 0 aliphatic rings. The molecule has 0 unspecified atom stereocenters. The summed E-state index contributed by atoms with van der Waals surface area (Å²) < 4.78 is 20.1. The van der Waals surface area contributed by atoms with Crippen LogP contribution in [-0.2, 0) is 6.42 Å². The van der Waals surface area contributed by atoms with E-state index in [1.807, 2.05) is 6.92 Å². The van der Waals surface area contributed by atoms with Crippen molar-refractivity contribution >= 4 is 16.3 Å². The summed E-state index contributed by atoms with van der Waals surface area (Å²) in [6, 6.07) is 7.20. The Hall–Kier alpha value is -2.79. The van der Waals surface area contributed by atoms with Crippen molar-refractivity contribution in [1.29, 1.82) is 5.26 Å². The molecule has 0 saturated carbocycles. The van der Waals surface area contributed by atoms with E-state index < -0.39 is 5.82 Å². The molecule has 0 saturated heterocycles. The first-order valence-corrected chi connectivity index (χ1v) is 7.20. The molecule has 3 aromatic rings. The SMILES string of the molecule is CCc1cc(=O)n2nc(Oc3cccc(F)c3C#N)sc2n1. The monoisotopic (exact) mass is 316 g/mol. The van der Waals surface area contributed by atoms with Crippen molar-refractivity contribution in [3.63, 3.8) is 0 Å². The fourth-order valence-electron chi connectivity index (χ4n) is 1.85. The molecule has 0 amide bonds. The van der Waals surface area contributed by atoms with E-state index in [-0.39, 0.29) is 22.1 Å². The molecule has 0 spiro atoms. The second kappa shape index (κ2) is 5.54. The second-order valence-corrected chi connectivity index (χ2v) is 5.25. The maximum absolute atomic E-state index is 13.5. The van der Waals surface area contributed by atoms with Crippen molar-refractivity contribution in [3.8, 4) is 17.0 Å². The molecule has 0 N–H and O–H groups in total. The van der Waals surface area contributed by atoms with Gasteiger partial charge in [0.15, 0.2) is 5.75 Å². The highest BCUT2D eigenvalue weighted by Gasteiger charge is 2.14. The zero-order valence-corrected chi connectivity index (χ0v) is 12.2. The number of aryl methyl sites for hydroxylation is 1. The zero-order valence-electron chi connectivity index (χ0n) is 11.4. The first-order valence-electron chi connectivity index (χ1n) is 6.38. The van der Waals surface area contributed by atoms with E-state index in [0.717, 1.165) is 15.9 Å². The fraction of sp³-hybridized carbons (Fsp3) is 0.143. The van der Waals surface area contributed by atoms with Crippen LogP contribution in [0.25, 0.3) is 4.96 Å². The normalized spacial score (nSPS) is 10.6. The molecule has 0 aliphatic heterocycles. The van der Waals surface area contributed by atoms with Crippen LogP contribution in [0, 0.1) is 17.1 Å². The number of rotatable bonds is 3. The topological polar surface area (TPSA) is 80.3 Å². The van der Waals surface area contributed by atoms with Gasteiger partial charge in [-0.2, -0.15) is 9.78 Å². The maximum Gasteiger partial charge on any atom is 0.300 e. The van der Waals surface area contributed by atoms with Gasteiger partial charge in [-0.3, -0.25) is 4.79 Å². The van der Waals surface area contributed by atoms with Crippen molar-refractivity contribution in [2.75, 3.05) is 0 Å². The average molecular weight is 316 g/mol. The van der Waals surface area contributed by atoms with Gasteiger partial charge in [-0.1, -0.05) is 13.0 Å². The molecule has 0 aliphatic carbocycles. The number of hydrogen-bond donors (Lipinski definition) is 0. The van der Waals surface area contributed by atoms with E-state index in [9.17, 15) is 9.18 Å². The fourth-order valence-corrected chi connectivity index (χ4v) is 2.64. The summed E-state index contributed by atoms with van der Waals surface area (Å²) in [4.78, 5) is 16.6. The van der Waals surface area contributed by atoms with E-state index in [1.165, 1.54) is 24.3 Å². The smallest absolute Gasteiger partial charge is 0.300 e. The molecule has 3 rings (SSSR count). The summed E-state index contributed by atoms with van der Waals surface area (Å²) in [5, 5.41) is 13.1. The molecule has 22 heavy (non-hydrogen) atoms. The highest BCUT2D eigenvalue weighted by molar-refractivity contribution is 7.18. The summed E-state index contributed by atoms with van der Waals surface area (Å²) in [5.41, 5.74) is 0.132. The Morgan fingerprint density at radius 2 is 2.32 bits per heavy atom. The van der Waals surface area contributed by atoms with Crippen LogP contribution >= 0.6 is 11.3 Å².